The van der Waals surface area contributed by atoms with E-state index in [1.165, 1.54) is 44.9 Å². The molecule has 126 valence electrons. The Bertz CT molecular complexity index is 461. The van der Waals surface area contributed by atoms with Gasteiger partial charge in [-0.3, -0.25) is 0 Å². The Hall–Kier alpha value is -0.110. The third-order valence-electron chi connectivity index (χ3n) is 8.83. The maximum atomic E-state index is 14.9. The lowest BCUT2D eigenvalue weighted by atomic mass is 9.45. The van der Waals surface area contributed by atoms with Crippen LogP contribution in [0.1, 0.15) is 78.6 Å². The van der Waals surface area contributed by atoms with Crippen LogP contribution in [0.5, 0.6) is 0 Å². The number of hydrogen-bond acceptors (Lipinski definition) is 1. The van der Waals surface area contributed by atoms with Gasteiger partial charge in [0.05, 0.1) is 6.10 Å². The van der Waals surface area contributed by atoms with Crippen LogP contribution in [0.15, 0.2) is 0 Å². The highest BCUT2D eigenvalue weighted by molar-refractivity contribution is 5.14. The summed E-state index contributed by atoms with van der Waals surface area (Å²) >= 11 is 0. The molecule has 0 aliphatic heterocycles. The lowest BCUT2D eigenvalue weighted by Gasteiger charge is -2.60. The summed E-state index contributed by atoms with van der Waals surface area (Å²) in [6.07, 6.45) is 10.3. The van der Waals surface area contributed by atoms with Gasteiger partial charge < -0.3 is 5.11 Å². The average molecular weight is 308 g/mol. The van der Waals surface area contributed by atoms with E-state index in [1.807, 2.05) is 0 Å². The fraction of sp³-hybridized carbons (Fsp3) is 1.00. The van der Waals surface area contributed by atoms with Crippen LogP contribution in [0.25, 0.3) is 0 Å². The Morgan fingerprint density at radius 2 is 1.64 bits per heavy atom. The Kier molecular flexibility index (Phi) is 3.30. The van der Waals surface area contributed by atoms with E-state index >= 15 is 0 Å². The summed E-state index contributed by atoms with van der Waals surface area (Å²) in [6, 6.07) is 0. The molecule has 4 fully saturated rings. The standard InChI is InChI=1S/C20H33FO/c1-18-10-5-4-6-13(18)7-8-14-15(18)9-11-19(2)16(14)12-20(3,21)17(19)22/h13-17,22H,4-12H2,1-3H3/t13?,14-,15-,16+,17?,18+,19+,20?/m1/s1. The average Bonchev–Trinajstić information content (AvgIpc) is 2.66. The van der Waals surface area contributed by atoms with Gasteiger partial charge in [-0.1, -0.05) is 26.7 Å². The van der Waals surface area contributed by atoms with Crippen molar-refractivity contribution in [3.63, 3.8) is 0 Å². The molecular formula is C20H33FO. The third-order valence-corrected chi connectivity index (χ3v) is 8.83. The maximum absolute atomic E-state index is 14.9. The number of aliphatic hydroxyl groups is 1. The highest BCUT2D eigenvalue weighted by Gasteiger charge is 2.65. The zero-order chi connectivity index (χ0) is 15.8. The van der Waals surface area contributed by atoms with Crippen LogP contribution in [0, 0.1) is 34.5 Å². The molecule has 4 saturated carbocycles. The fourth-order valence-corrected chi connectivity index (χ4v) is 7.60. The van der Waals surface area contributed by atoms with Crippen molar-refractivity contribution in [3.8, 4) is 0 Å². The second-order valence-corrected chi connectivity index (χ2v) is 9.83. The molecule has 4 aliphatic carbocycles. The van der Waals surface area contributed by atoms with Crippen LogP contribution < -0.4 is 0 Å². The summed E-state index contributed by atoms with van der Waals surface area (Å²) in [7, 11) is 0. The van der Waals surface area contributed by atoms with Crippen molar-refractivity contribution < 1.29 is 9.50 Å². The number of hydrogen-bond donors (Lipinski definition) is 1. The molecule has 0 spiro atoms. The van der Waals surface area contributed by atoms with Crippen LogP contribution in [0.2, 0.25) is 0 Å². The zero-order valence-corrected chi connectivity index (χ0v) is 14.6. The van der Waals surface area contributed by atoms with Crippen molar-refractivity contribution >= 4 is 0 Å². The van der Waals surface area contributed by atoms with Gasteiger partial charge in [-0.2, -0.15) is 0 Å². The smallest absolute Gasteiger partial charge is 0.134 e. The number of fused-ring (bicyclic) bond motifs is 5. The predicted molar refractivity (Wildman–Crippen MR) is 87.2 cm³/mol. The molecule has 4 rings (SSSR count). The quantitative estimate of drug-likeness (QED) is 0.658. The third kappa shape index (κ3) is 1.85. The molecule has 4 aliphatic rings. The number of halogens is 1. The van der Waals surface area contributed by atoms with Gasteiger partial charge in [0.2, 0.25) is 0 Å². The molecule has 0 radical (unpaired) electrons. The minimum Gasteiger partial charge on any atom is -0.389 e. The van der Waals surface area contributed by atoms with Crippen LogP contribution in [-0.2, 0) is 0 Å². The fourth-order valence-electron chi connectivity index (χ4n) is 7.60. The van der Waals surface area contributed by atoms with Gasteiger partial charge >= 0.3 is 0 Å². The lowest BCUT2D eigenvalue weighted by Crippen LogP contribution is -2.53. The normalized spacial score (nSPS) is 61.2. The van der Waals surface area contributed by atoms with Gasteiger partial charge in [0.25, 0.3) is 0 Å². The first-order chi connectivity index (χ1) is 10.3. The molecule has 1 N–H and O–H groups in total. The zero-order valence-electron chi connectivity index (χ0n) is 14.6. The van der Waals surface area contributed by atoms with E-state index in [0.717, 1.165) is 18.3 Å². The van der Waals surface area contributed by atoms with Crippen LogP contribution in [0.3, 0.4) is 0 Å². The second kappa shape index (κ2) is 4.71. The topological polar surface area (TPSA) is 20.2 Å². The Balaban J connectivity index is 1.67. The minimum atomic E-state index is -1.38. The molecule has 0 bridgehead atoms. The van der Waals surface area contributed by atoms with Crippen LogP contribution in [0.4, 0.5) is 4.39 Å². The first-order valence-corrected chi connectivity index (χ1v) is 9.66. The molecule has 0 aromatic heterocycles. The molecule has 0 aromatic rings. The Morgan fingerprint density at radius 3 is 2.41 bits per heavy atom. The van der Waals surface area contributed by atoms with Gasteiger partial charge in [0.15, 0.2) is 0 Å². The van der Waals surface area contributed by atoms with E-state index in [2.05, 4.69) is 13.8 Å². The van der Waals surface area contributed by atoms with E-state index in [1.54, 1.807) is 6.92 Å². The van der Waals surface area contributed by atoms with Crippen molar-refractivity contribution in [2.24, 2.45) is 34.5 Å². The first-order valence-electron chi connectivity index (χ1n) is 9.66. The molecule has 0 heterocycles. The first kappa shape index (κ1) is 15.4. The lowest BCUT2D eigenvalue weighted by molar-refractivity contribution is -0.125. The van der Waals surface area contributed by atoms with Gasteiger partial charge in [-0.25, -0.2) is 4.39 Å². The highest BCUT2D eigenvalue weighted by Crippen LogP contribution is 2.67. The second-order valence-electron chi connectivity index (χ2n) is 9.83. The van der Waals surface area contributed by atoms with Gasteiger partial charge in [-0.15, -0.1) is 0 Å². The monoisotopic (exact) mass is 308 g/mol. The van der Waals surface area contributed by atoms with Crippen molar-refractivity contribution in [1.82, 2.24) is 0 Å². The Labute approximate surface area is 135 Å². The molecule has 8 atom stereocenters. The molecule has 0 aromatic carbocycles. The van der Waals surface area contributed by atoms with E-state index in [9.17, 15) is 9.50 Å². The number of alkyl halides is 1. The van der Waals surface area contributed by atoms with Crippen molar-refractivity contribution in [2.45, 2.75) is 90.3 Å². The molecule has 0 saturated heterocycles. The van der Waals surface area contributed by atoms with E-state index in [0.29, 0.717) is 23.7 Å². The predicted octanol–water partition coefficient (Wildman–Crippen LogP) is 5.12. The SMILES string of the molecule is CC1(F)C[C@H]2[C@@H]3CCC4CCCC[C@]4(C)[C@@H]3CC[C@]2(C)C1O. The molecule has 0 amide bonds. The summed E-state index contributed by atoms with van der Waals surface area (Å²) < 4.78 is 14.9. The Morgan fingerprint density at radius 1 is 0.864 bits per heavy atom. The molecule has 3 unspecified atom stereocenters. The molecular weight excluding hydrogens is 275 g/mol. The van der Waals surface area contributed by atoms with Gasteiger partial charge in [0.1, 0.15) is 5.67 Å². The largest absolute Gasteiger partial charge is 0.389 e. The summed E-state index contributed by atoms with van der Waals surface area (Å²) in [6.45, 7) is 6.37. The van der Waals surface area contributed by atoms with Crippen LogP contribution in [-0.4, -0.2) is 16.9 Å². The van der Waals surface area contributed by atoms with Gasteiger partial charge in [-0.05, 0) is 86.4 Å². The van der Waals surface area contributed by atoms with Crippen molar-refractivity contribution in [3.05, 3.63) is 0 Å². The minimum absolute atomic E-state index is 0.178. The van der Waals surface area contributed by atoms with Gasteiger partial charge in [0, 0.05) is 0 Å². The maximum Gasteiger partial charge on any atom is 0.134 e. The highest BCUT2D eigenvalue weighted by atomic mass is 19.1. The summed E-state index contributed by atoms with van der Waals surface area (Å²) in [5.74, 6) is 2.75. The van der Waals surface area contributed by atoms with Crippen LogP contribution >= 0.6 is 0 Å². The van der Waals surface area contributed by atoms with E-state index < -0.39 is 11.8 Å². The summed E-state index contributed by atoms with van der Waals surface area (Å²) in [5, 5.41) is 10.6. The van der Waals surface area contributed by atoms with E-state index in [4.69, 9.17) is 0 Å². The number of aliphatic hydroxyl groups excluding tert-OH is 1. The van der Waals surface area contributed by atoms with Crippen molar-refractivity contribution in [2.75, 3.05) is 0 Å². The summed E-state index contributed by atoms with van der Waals surface area (Å²) in [5.41, 5.74) is -1.05. The van der Waals surface area contributed by atoms with Crippen molar-refractivity contribution in [1.29, 1.82) is 0 Å². The number of rotatable bonds is 0. The molecule has 22 heavy (non-hydrogen) atoms. The molecule has 1 nitrogen and oxygen atoms in total. The van der Waals surface area contributed by atoms with E-state index in [-0.39, 0.29) is 5.41 Å². The molecule has 2 heteroatoms. The summed E-state index contributed by atoms with van der Waals surface area (Å²) in [4.78, 5) is 0.